The summed E-state index contributed by atoms with van der Waals surface area (Å²) in [6, 6.07) is 12.8. The molecule has 0 bridgehead atoms. The normalized spacial score (nSPS) is 17.4. The second-order valence-corrected chi connectivity index (χ2v) is 6.75. The third kappa shape index (κ3) is 3.99. The number of nitrogens with one attached hydrogen (secondary N) is 1. The molecule has 0 saturated heterocycles. The second-order valence-electron chi connectivity index (χ2n) is 6.75. The minimum absolute atomic E-state index is 0.0494. The first-order valence-corrected chi connectivity index (χ1v) is 8.69. The van der Waals surface area contributed by atoms with Gasteiger partial charge < -0.3 is 5.32 Å². The Hall–Kier alpha value is -2.53. The van der Waals surface area contributed by atoms with Crippen molar-refractivity contribution >= 4 is 11.5 Å². The molecule has 136 valence electrons. The molecule has 0 fully saturated rings. The van der Waals surface area contributed by atoms with Crippen molar-refractivity contribution in [2.75, 3.05) is 13.1 Å². The van der Waals surface area contributed by atoms with Gasteiger partial charge in [0.2, 0.25) is 5.91 Å². The van der Waals surface area contributed by atoms with Crippen LogP contribution in [-0.4, -0.2) is 29.9 Å². The van der Waals surface area contributed by atoms with E-state index in [1.165, 1.54) is 6.07 Å². The number of hydrogen-bond donors (Lipinski definition) is 1. The highest BCUT2D eigenvalue weighted by molar-refractivity contribution is 5.80. The molecular weight excluding hydrogens is 334 g/mol. The molecule has 1 heterocycles. The summed E-state index contributed by atoms with van der Waals surface area (Å²) in [6.45, 7) is 4.50. The van der Waals surface area contributed by atoms with E-state index in [2.05, 4.69) is 5.32 Å². The molecule has 0 aromatic heterocycles. The smallest absolute Gasteiger partial charge is 0.234 e. The number of amides is 1. The maximum absolute atomic E-state index is 14.4. The highest BCUT2D eigenvalue weighted by atomic mass is 19.1. The van der Waals surface area contributed by atoms with Crippen LogP contribution < -0.4 is 5.32 Å². The minimum atomic E-state index is -0.481. The first-order valence-electron chi connectivity index (χ1n) is 8.69. The van der Waals surface area contributed by atoms with Crippen molar-refractivity contribution in [3.63, 3.8) is 0 Å². The zero-order chi connectivity index (χ0) is 18.7. The number of carbonyl (C=O) groups is 1. The Balaban J connectivity index is 1.94. The van der Waals surface area contributed by atoms with Gasteiger partial charge in [-0.1, -0.05) is 36.4 Å². The van der Waals surface area contributed by atoms with Gasteiger partial charge in [-0.25, -0.2) is 8.78 Å². The van der Waals surface area contributed by atoms with E-state index in [9.17, 15) is 13.6 Å². The predicted octanol–water partition coefficient (Wildman–Crippen LogP) is 3.93. The standard InChI is InChI=1S/C21H22F2N2O/c1-14(2)24-20(26)13-25-11-10-17(18-12-16(22)8-9-19(18)23)21(25)15-6-4-3-5-7-15/h3-10,12,14,21H,11,13H2,1-2H3,(H,24,26)/t21-/m0/s1. The van der Waals surface area contributed by atoms with E-state index >= 15 is 0 Å². The van der Waals surface area contributed by atoms with Gasteiger partial charge >= 0.3 is 0 Å². The number of rotatable bonds is 5. The van der Waals surface area contributed by atoms with Crippen molar-refractivity contribution in [2.45, 2.75) is 25.9 Å². The summed E-state index contributed by atoms with van der Waals surface area (Å²) < 4.78 is 28.1. The third-order valence-corrected chi connectivity index (χ3v) is 4.36. The fourth-order valence-electron chi connectivity index (χ4n) is 3.34. The van der Waals surface area contributed by atoms with Crippen LogP contribution in [0, 0.1) is 11.6 Å². The van der Waals surface area contributed by atoms with Crippen LogP contribution in [0.25, 0.3) is 5.57 Å². The molecule has 1 amide bonds. The fraction of sp³-hybridized carbons (Fsp3) is 0.286. The van der Waals surface area contributed by atoms with Crippen molar-refractivity contribution in [3.8, 4) is 0 Å². The second kappa shape index (κ2) is 7.79. The highest BCUT2D eigenvalue weighted by Crippen LogP contribution is 2.40. The monoisotopic (exact) mass is 356 g/mol. The topological polar surface area (TPSA) is 32.3 Å². The lowest BCUT2D eigenvalue weighted by molar-refractivity contribution is -0.122. The van der Waals surface area contributed by atoms with Crippen LogP contribution in [0.2, 0.25) is 0 Å². The molecule has 1 aliphatic heterocycles. The lowest BCUT2D eigenvalue weighted by Crippen LogP contribution is -2.40. The number of carbonyl (C=O) groups excluding carboxylic acids is 1. The number of halogens is 2. The molecule has 0 radical (unpaired) electrons. The van der Waals surface area contributed by atoms with Crippen molar-refractivity contribution in [1.82, 2.24) is 10.2 Å². The first kappa shape index (κ1) is 18.3. The summed E-state index contributed by atoms with van der Waals surface area (Å²) in [5.74, 6) is -1.03. The summed E-state index contributed by atoms with van der Waals surface area (Å²) in [6.07, 6.45) is 1.87. The van der Waals surface area contributed by atoms with Crippen LogP contribution in [0.15, 0.2) is 54.6 Å². The largest absolute Gasteiger partial charge is 0.353 e. The Morgan fingerprint density at radius 2 is 1.92 bits per heavy atom. The molecule has 0 spiro atoms. The van der Waals surface area contributed by atoms with Gasteiger partial charge in [0.25, 0.3) is 0 Å². The van der Waals surface area contributed by atoms with Crippen LogP contribution in [0.3, 0.4) is 0 Å². The van der Waals surface area contributed by atoms with E-state index in [4.69, 9.17) is 0 Å². The maximum atomic E-state index is 14.4. The van der Waals surface area contributed by atoms with Gasteiger partial charge in [0, 0.05) is 18.2 Å². The van der Waals surface area contributed by atoms with E-state index < -0.39 is 11.6 Å². The number of nitrogens with zero attached hydrogens (tertiary/aromatic N) is 1. The maximum Gasteiger partial charge on any atom is 0.234 e. The molecule has 0 saturated carbocycles. The van der Waals surface area contributed by atoms with Crippen molar-refractivity contribution in [1.29, 1.82) is 0 Å². The van der Waals surface area contributed by atoms with Crippen LogP contribution in [0.1, 0.15) is 31.0 Å². The molecule has 3 nitrogen and oxygen atoms in total. The molecule has 26 heavy (non-hydrogen) atoms. The lowest BCUT2D eigenvalue weighted by atomic mass is 9.93. The molecular formula is C21H22F2N2O. The van der Waals surface area contributed by atoms with Gasteiger partial charge in [-0.05, 0) is 43.2 Å². The lowest BCUT2D eigenvalue weighted by Gasteiger charge is -2.28. The minimum Gasteiger partial charge on any atom is -0.353 e. The molecule has 2 aromatic carbocycles. The molecule has 2 aromatic rings. The average molecular weight is 356 g/mol. The van der Waals surface area contributed by atoms with E-state index in [0.717, 1.165) is 17.7 Å². The predicted molar refractivity (Wildman–Crippen MR) is 98.4 cm³/mol. The molecule has 5 heteroatoms. The van der Waals surface area contributed by atoms with E-state index in [1.54, 1.807) is 0 Å². The molecule has 0 unspecified atom stereocenters. The summed E-state index contributed by atoms with van der Waals surface area (Å²) in [5, 5.41) is 2.88. The van der Waals surface area contributed by atoms with Gasteiger partial charge in [0.15, 0.2) is 0 Å². The summed E-state index contributed by atoms with van der Waals surface area (Å²) >= 11 is 0. The Kier molecular flexibility index (Phi) is 5.47. The van der Waals surface area contributed by atoms with Gasteiger partial charge in [0.1, 0.15) is 11.6 Å². The number of hydrogen-bond acceptors (Lipinski definition) is 2. The SMILES string of the molecule is CC(C)NC(=O)CN1CC=C(c2cc(F)ccc2F)[C@@H]1c1ccccc1. The van der Waals surface area contributed by atoms with E-state index in [0.29, 0.717) is 12.1 Å². The van der Waals surface area contributed by atoms with Gasteiger partial charge in [0.05, 0.1) is 12.6 Å². The molecule has 3 rings (SSSR count). The van der Waals surface area contributed by atoms with Gasteiger partial charge in [-0.15, -0.1) is 0 Å². The Morgan fingerprint density at radius 1 is 1.19 bits per heavy atom. The van der Waals surface area contributed by atoms with Crippen LogP contribution in [0.4, 0.5) is 8.78 Å². The Morgan fingerprint density at radius 3 is 2.62 bits per heavy atom. The van der Waals surface area contributed by atoms with Crippen molar-refractivity contribution < 1.29 is 13.6 Å². The quantitative estimate of drug-likeness (QED) is 0.880. The molecule has 1 atom stereocenters. The van der Waals surface area contributed by atoms with E-state index in [-0.39, 0.29) is 30.1 Å². The van der Waals surface area contributed by atoms with Crippen LogP contribution in [0.5, 0.6) is 0 Å². The summed E-state index contributed by atoms with van der Waals surface area (Å²) in [5.41, 5.74) is 1.87. The zero-order valence-corrected chi connectivity index (χ0v) is 14.9. The molecule has 0 aliphatic carbocycles. The van der Waals surface area contributed by atoms with Crippen molar-refractivity contribution in [3.05, 3.63) is 77.4 Å². The van der Waals surface area contributed by atoms with Gasteiger partial charge in [-0.3, -0.25) is 9.69 Å². The van der Waals surface area contributed by atoms with E-state index in [1.807, 2.05) is 55.2 Å². The Bertz CT molecular complexity index is 818. The van der Waals surface area contributed by atoms with Crippen LogP contribution in [-0.2, 0) is 4.79 Å². The third-order valence-electron chi connectivity index (χ3n) is 4.36. The average Bonchev–Trinajstić information content (AvgIpc) is 3.00. The van der Waals surface area contributed by atoms with Crippen molar-refractivity contribution in [2.24, 2.45) is 0 Å². The zero-order valence-electron chi connectivity index (χ0n) is 14.9. The first-order chi connectivity index (χ1) is 12.5. The highest BCUT2D eigenvalue weighted by Gasteiger charge is 2.32. The van der Waals surface area contributed by atoms with Gasteiger partial charge in [-0.2, -0.15) is 0 Å². The Labute approximate surface area is 152 Å². The molecule has 1 N–H and O–H groups in total. The number of benzene rings is 2. The van der Waals surface area contributed by atoms with Crippen LogP contribution >= 0.6 is 0 Å². The molecule has 1 aliphatic rings. The summed E-state index contributed by atoms with van der Waals surface area (Å²) in [7, 11) is 0. The fourth-order valence-corrected chi connectivity index (χ4v) is 3.34. The summed E-state index contributed by atoms with van der Waals surface area (Å²) in [4.78, 5) is 14.2.